The minimum Gasteiger partial charge on any atom is -0.457 e. The molecule has 1 fully saturated rings. The molecule has 1 atom stereocenters. The normalized spacial score (nSPS) is 18.6. The maximum absolute atomic E-state index is 13.3. The van der Waals surface area contributed by atoms with Crippen LogP contribution in [-0.2, 0) is 9.59 Å². The Bertz CT molecular complexity index is 1350. The molecule has 37 heavy (non-hydrogen) atoms. The number of likely N-dealkylation sites (tertiary alicyclic amines) is 1. The van der Waals surface area contributed by atoms with Gasteiger partial charge in [0.15, 0.2) is 0 Å². The molecule has 8 nitrogen and oxygen atoms in total. The fraction of sp³-hybridized carbons (Fsp3) is 0.214. The van der Waals surface area contributed by atoms with Crippen molar-refractivity contribution in [3.63, 3.8) is 0 Å². The molecule has 0 spiro atoms. The molecule has 1 saturated heterocycles. The van der Waals surface area contributed by atoms with Crippen LogP contribution >= 0.6 is 0 Å². The first-order valence-corrected chi connectivity index (χ1v) is 11.9. The van der Waals surface area contributed by atoms with Crippen molar-refractivity contribution < 1.29 is 28.3 Å². The van der Waals surface area contributed by atoms with E-state index in [1.165, 1.54) is 29.2 Å². The maximum atomic E-state index is 13.3. The van der Waals surface area contributed by atoms with Gasteiger partial charge in [-0.15, -0.1) is 0 Å². The van der Waals surface area contributed by atoms with Crippen LogP contribution < -0.4 is 10.1 Å². The number of nitrogens with one attached hydrogen (secondary N) is 1. The van der Waals surface area contributed by atoms with Crippen molar-refractivity contribution in [2.75, 3.05) is 18.4 Å². The van der Waals surface area contributed by atoms with Gasteiger partial charge in [-0.2, -0.15) is 0 Å². The van der Waals surface area contributed by atoms with E-state index >= 15 is 0 Å². The Labute approximate surface area is 212 Å². The van der Waals surface area contributed by atoms with Gasteiger partial charge in [-0.3, -0.25) is 24.1 Å². The van der Waals surface area contributed by atoms with Crippen molar-refractivity contribution >= 4 is 29.3 Å². The van der Waals surface area contributed by atoms with Crippen molar-refractivity contribution in [3.05, 3.63) is 89.7 Å². The lowest BCUT2D eigenvalue weighted by Crippen LogP contribution is -2.55. The molecule has 9 heteroatoms. The van der Waals surface area contributed by atoms with Gasteiger partial charge in [0.25, 0.3) is 11.8 Å². The molecule has 2 heterocycles. The summed E-state index contributed by atoms with van der Waals surface area (Å²) < 4.78 is 18.7. The van der Waals surface area contributed by atoms with E-state index in [0.717, 1.165) is 4.90 Å². The van der Waals surface area contributed by atoms with E-state index in [2.05, 4.69) is 5.32 Å². The number of hydrogen-bond donors (Lipinski definition) is 1. The highest BCUT2D eigenvalue weighted by molar-refractivity contribution is 6.22. The predicted molar refractivity (Wildman–Crippen MR) is 133 cm³/mol. The fourth-order valence-electron chi connectivity index (χ4n) is 4.71. The summed E-state index contributed by atoms with van der Waals surface area (Å²) >= 11 is 0. The van der Waals surface area contributed by atoms with Crippen molar-refractivity contribution in [3.8, 4) is 11.5 Å². The Balaban J connectivity index is 1.24. The summed E-state index contributed by atoms with van der Waals surface area (Å²) in [5.74, 6) is -1.23. The molecular weight excluding hydrogens is 477 g/mol. The molecule has 1 N–H and O–H groups in total. The number of halogens is 1. The van der Waals surface area contributed by atoms with E-state index in [-0.39, 0.29) is 22.9 Å². The third-order valence-corrected chi connectivity index (χ3v) is 6.76. The van der Waals surface area contributed by atoms with Crippen LogP contribution in [-0.4, -0.2) is 52.1 Å². The van der Waals surface area contributed by atoms with Gasteiger partial charge < -0.3 is 15.0 Å². The lowest BCUT2D eigenvalue weighted by atomic mass is 9.97. The highest BCUT2D eigenvalue weighted by Gasteiger charge is 2.47. The summed E-state index contributed by atoms with van der Waals surface area (Å²) in [6.45, 7) is 1.60. The van der Waals surface area contributed by atoms with Gasteiger partial charge in [-0.1, -0.05) is 12.1 Å². The number of carbonyl (C=O) groups is 4. The van der Waals surface area contributed by atoms with Crippen LogP contribution in [0.3, 0.4) is 0 Å². The summed E-state index contributed by atoms with van der Waals surface area (Å²) in [6.07, 6.45) is 1.06. The van der Waals surface area contributed by atoms with Gasteiger partial charge in [-0.25, -0.2) is 4.39 Å². The molecule has 0 aromatic heterocycles. The van der Waals surface area contributed by atoms with E-state index < -0.39 is 29.8 Å². The average molecular weight is 502 g/mol. The first-order valence-electron chi connectivity index (χ1n) is 11.9. The van der Waals surface area contributed by atoms with Crippen LogP contribution in [0.15, 0.2) is 72.8 Å². The second-order valence-corrected chi connectivity index (χ2v) is 9.20. The largest absolute Gasteiger partial charge is 0.457 e. The minimum atomic E-state index is -1.14. The van der Waals surface area contributed by atoms with Crippen LogP contribution in [0.5, 0.6) is 11.5 Å². The number of nitrogens with zero attached hydrogens (tertiary/aromatic N) is 2. The molecule has 0 bridgehead atoms. The van der Waals surface area contributed by atoms with Gasteiger partial charge >= 0.3 is 0 Å². The molecule has 3 aromatic rings. The lowest BCUT2D eigenvalue weighted by Gasteiger charge is -2.34. The number of benzene rings is 3. The van der Waals surface area contributed by atoms with Gasteiger partial charge in [-0.05, 0) is 80.4 Å². The van der Waals surface area contributed by atoms with Gasteiger partial charge in [0.1, 0.15) is 29.4 Å². The van der Waals surface area contributed by atoms with Gasteiger partial charge in [0.2, 0.25) is 11.8 Å². The summed E-state index contributed by atoms with van der Waals surface area (Å²) in [4.78, 5) is 54.2. The van der Waals surface area contributed by atoms with Crippen molar-refractivity contribution in [1.29, 1.82) is 0 Å². The van der Waals surface area contributed by atoms with Gasteiger partial charge in [0.05, 0.1) is 11.1 Å². The number of anilines is 1. The van der Waals surface area contributed by atoms with Crippen molar-refractivity contribution in [1.82, 2.24) is 9.80 Å². The lowest BCUT2D eigenvalue weighted by molar-refractivity contribution is -0.141. The highest BCUT2D eigenvalue weighted by Crippen LogP contribution is 2.32. The molecule has 188 valence electrons. The summed E-state index contributed by atoms with van der Waals surface area (Å²) in [7, 11) is 0. The van der Waals surface area contributed by atoms with Crippen LogP contribution in [0.4, 0.5) is 10.1 Å². The van der Waals surface area contributed by atoms with E-state index in [9.17, 15) is 23.6 Å². The monoisotopic (exact) mass is 501 g/mol. The standard InChI is InChI=1S/C28H24FN3O5/c1-28(27(36)30-19-9-13-21(14-10-19)37-20-11-7-18(29)8-12-20)15-4-16-32(28)24(33)17-31-25(34)22-5-2-3-6-23(22)26(31)35/h2-3,5-14H,4,15-17H2,1H3,(H,30,36). The van der Waals surface area contributed by atoms with Gasteiger partial charge in [0, 0.05) is 12.2 Å². The van der Waals surface area contributed by atoms with Crippen LogP contribution in [0.1, 0.15) is 40.5 Å². The molecule has 1 unspecified atom stereocenters. The third-order valence-electron chi connectivity index (χ3n) is 6.76. The zero-order valence-electron chi connectivity index (χ0n) is 20.1. The number of fused-ring (bicyclic) bond motifs is 1. The van der Waals surface area contributed by atoms with Crippen LogP contribution in [0.25, 0.3) is 0 Å². The first kappa shape index (κ1) is 24.2. The second-order valence-electron chi connectivity index (χ2n) is 9.20. The second kappa shape index (κ2) is 9.50. The molecule has 2 aliphatic rings. The molecule has 4 amide bonds. The fourth-order valence-corrected chi connectivity index (χ4v) is 4.71. The zero-order valence-corrected chi connectivity index (χ0v) is 20.1. The third kappa shape index (κ3) is 4.55. The molecule has 0 radical (unpaired) electrons. The first-order chi connectivity index (χ1) is 17.8. The molecule has 5 rings (SSSR count). The summed E-state index contributed by atoms with van der Waals surface area (Å²) in [5.41, 5.74) is -0.0838. The highest BCUT2D eigenvalue weighted by atomic mass is 19.1. The van der Waals surface area contributed by atoms with E-state index in [4.69, 9.17) is 4.74 Å². The molecule has 0 aliphatic carbocycles. The average Bonchev–Trinajstić information content (AvgIpc) is 3.41. The summed E-state index contributed by atoms with van der Waals surface area (Å²) in [5, 5.41) is 2.85. The topological polar surface area (TPSA) is 96.0 Å². The molecule has 0 saturated carbocycles. The number of carbonyl (C=O) groups excluding carboxylic acids is 4. The molecule has 2 aliphatic heterocycles. The zero-order chi connectivity index (χ0) is 26.2. The van der Waals surface area contributed by atoms with E-state index in [1.807, 2.05) is 0 Å². The Morgan fingerprint density at radius 1 is 0.919 bits per heavy atom. The predicted octanol–water partition coefficient (Wildman–Crippen LogP) is 4.23. The van der Waals surface area contributed by atoms with E-state index in [1.54, 1.807) is 55.5 Å². The van der Waals surface area contributed by atoms with Crippen LogP contribution in [0, 0.1) is 5.82 Å². The number of rotatable bonds is 6. The number of ether oxygens (including phenoxy) is 1. The molecular formula is C28H24FN3O5. The SMILES string of the molecule is CC1(C(=O)Nc2ccc(Oc3ccc(F)cc3)cc2)CCCN1C(=O)CN1C(=O)c2ccccc2C1=O. The Morgan fingerprint density at radius 2 is 1.49 bits per heavy atom. The maximum Gasteiger partial charge on any atom is 0.262 e. The Morgan fingerprint density at radius 3 is 2.08 bits per heavy atom. The number of amides is 4. The Kier molecular flexibility index (Phi) is 6.20. The Hall–Kier alpha value is -4.53. The van der Waals surface area contributed by atoms with Crippen LogP contribution in [0.2, 0.25) is 0 Å². The number of imide groups is 1. The van der Waals surface area contributed by atoms with Crippen molar-refractivity contribution in [2.24, 2.45) is 0 Å². The van der Waals surface area contributed by atoms with E-state index in [0.29, 0.717) is 36.6 Å². The molecule has 3 aromatic carbocycles. The number of hydrogen-bond acceptors (Lipinski definition) is 5. The summed E-state index contributed by atoms with van der Waals surface area (Å²) in [6, 6.07) is 18.7. The quantitative estimate of drug-likeness (QED) is 0.510. The minimum absolute atomic E-state index is 0.272. The smallest absolute Gasteiger partial charge is 0.262 e. The van der Waals surface area contributed by atoms with Crippen molar-refractivity contribution in [2.45, 2.75) is 25.3 Å².